The minimum absolute atomic E-state index is 0.0267. The zero-order valence-electron chi connectivity index (χ0n) is 12.9. The number of ether oxygens (including phenoxy) is 1. The van der Waals surface area contributed by atoms with Crippen molar-refractivity contribution in [3.63, 3.8) is 0 Å². The predicted molar refractivity (Wildman–Crippen MR) is 93.3 cm³/mol. The van der Waals surface area contributed by atoms with Gasteiger partial charge >= 0.3 is 12.1 Å². The molecule has 0 saturated heterocycles. The Balaban J connectivity index is 2.54. The van der Waals surface area contributed by atoms with E-state index in [4.69, 9.17) is 21.4 Å². The summed E-state index contributed by atoms with van der Waals surface area (Å²) in [7, 11) is 0. The fourth-order valence-electron chi connectivity index (χ4n) is 1.72. The van der Waals surface area contributed by atoms with E-state index in [2.05, 4.69) is 11.9 Å². The van der Waals surface area contributed by atoms with Crippen molar-refractivity contribution in [2.75, 3.05) is 12.4 Å². The van der Waals surface area contributed by atoms with Crippen molar-refractivity contribution < 1.29 is 24.2 Å². The molecule has 1 atom stereocenters. The number of carbonyl (C=O) groups excluding carboxylic acids is 2. The molecular formula is C16H18ClNO5S. The molecule has 1 rings (SSSR count). The van der Waals surface area contributed by atoms with Crippen LogP contribution in [-0.2, 0) is 20.1 Å². The summed E-state index contributed by atoms with van der Waals surface area (Å²) in [5.74, 6) is -1.03. The van der Waals surface area contributed by atoms with Crippen molar-refractivity contribution in [2.45, 2.75) is 18.2 Å². The highest BCUT2D eigenvalue weighted by Crippen LogP contribution is 2.21. The lowest BCUT2D eigenvalue weighted by molar-refractivity contribution is -0.139. The maximum Gasteiger partial charge on any atom is 0.408 e. The Labute approximate surface area is 149 Å². The lowest BCUT2D eigenvalue weighted by Crippen LogP contribution is -2.43. The molecular weight excluding hydrogens is 354 g/mol. The molecule has 8 heteroatoms. The number of halogens is 1. The first-order valence-electron chi connectivity index (χ1n) is 7.04. The van der Waals surface area contributed by atoms with E-state index >= 15 is 0 Å². The van der Waals surface area contributed by atoms with Gasteiger partial charge in [0.15, 0.2) is 5.78 Å². The molecule has 0 heterocycles. The molecule has 0 saturated carbocycles. The Morgan fingerprint density at radius 1 is 1.38 bits per heavy atom. The van der Waals surface area contributed by atoms with Crippen LogP contribution in [0.1, 0.15) is 12.0 Å². The van der Waals surface area contributed by atoms with Gasteiger partial charge in [-0.25, -0.2) is 4.79 Å². The van der Waals surface area contributed by atoms with Crippen LogP contribution in [0.2, 0.25) is 5.02 Å². The number of thioether (sulfide) groups is 1. The zero-order valence-corrected chi connectivity index (χ0v) is 14.4. The molecule has 0 aliphatic rings. The number of benzene rings is 1. The first-order valence-corrected chi connectivity index (χ1v) is 8.57. The van der Waals surface area contributed by atoms with E-state index in [0.29, 0.717) is 10.8 Å². The van der Waals surface area contributed by atoms with Crippen molar-refractivity contribution in [1.29, 1.82) is 0 Å². The normalized spacial score (nSPS) is 11.4. The summed E-state index contributed by atoms with van der Waals surface area (Å²) in [6, 6.07) is 6.11. The molecule has 2 N–H and O–H groups in total. The summed E-state index contributed by atoms with van der Waals surface area (Å²) in [6.45, 7) is 3.36. The molecule has 0 aliphatic heterocycles. The average Bonchev–Trinajstić information content (AvgIpc) is 2.53. The molecule has 6 nitrogen and oxygen atoms in total. The number of carboxylic acid groups (broad SMARTS) is 1. The maximum absolute atomic E-state index is 12.2. The monoisotopic (exact) mass is 371 g/mol. The van der Waals surface area contributed by atoms with Gasteiger partial charge < -0.3 is 15.2 Å². The van der Waals surface area contributed by atoms with Crippen LogP contribution < -0.4 is 5.32 Å². The maximum atomic E-state index is 12.2. The Kier molecular flexibility index (Phi) is 8.96. The van der Waals surface area contributed by atoms with Gasteiger partial charge in [-0.3, -0.25) is 9.59 Å². The number of alkyl carbamates (subject to hydrolysis) is 1. The standard InChI is InChI=1S/C16H18ClNO5S/c1-2-7-23-16(22)18-13(8-15(20)21)14(19)10-24-9-11-5-3-4-6-12(11)17/h2-6,13H,1,7-10H2,(H,18,22)(H,20,21). The molecule has 1 amide bonds. The summed E-state index contributed by atoms with van der Waals surface area (Å²) in [4.78, 5) is 34.5. The lowest BCUT2D eigenvalue weighted by atomic mass is 10.1. The number of ketones is 1. The van der Waals surface area contributed by atoms with Crippen LogP contribution in [0.25, 0.3) is 0 Å². The molecule has 24 heavy (non-hydrogen) atoms. The van der Waals surface area contributed by atoms with Gasteiger partial charge in [0.2, 0.25) is 0 Å². The first-order chi connectivity index (χ1) is 11.4. The van der Waals surface area contributed by atoms with Gasteiger partial charge in [-0.15, -0.1) is 11.8 Å². The topological polar surface area (TPSA) is 92.7 Å². The van der Waals surface area contributed by atoms with E-state index in [-0.39, 0.29) is 12.4 Å². The molecule has 0 spiro atoms. The van der Waals surface area contributed by atoms with Crippen LogP contribution >= 0.6 is 23.4 Å². The average molecular weight is 372 g/mol. The van der Waals surface area contributed by atoms with Gasteiger partial charge in [0.1, 0.15) is 12.6 Å². The number of carbonyl (C=O) groups is 3. The van der Waals surface area contributed by atoms with Crippen molar-refractivity contribution in [1.82, 2.24) is 5.32 Å². The van der Waals surface area contributed by atoms with Gasteiger partial charge in [-0.05, 0) is 11.6 Å². The van der Waals surface area contributed by atoms with E-state index in [1.54, 1.807) is 6.07 Å². The smallest absolute Gasteiger partial charge is 0.408 e. The number of aliphatic carboxylic acids is 1. The molecule has 0 fully saturated rings. The third-order valence-electron chi connectivity index (χ3n) is 2.85. The van der Waals surface area contributed by atoms with Gasteiger partial charge in [0, 0.05) is 10.8 Å². The lowest BCUT2D eigenvalue weighted by Gasteiger charge is -2.15. The fourth-order valence-corrected chi connectivity index (χ4v) is 2.97. The number of amides is 1. The van der Waals surface area contributed by atoms with Crippen LogP contribution in [0.3, 0.4) is 0 Å². The number of hydrogen-bond donors (Lipinski definition) is 2. The highest BCUT2D eigenvalue weighted by Gasteiger charge is 2.24. The number of Topliss-reactive ketones (excluding diaryl/α,β-unsaturated/α-hetero) is 1. The third kappa shape index (κ3) is 7.52. The second-order valence-corrected chi connectivity index (χ2v) is 6.13. The molecule has 0 aliphatic carbocycles. The van der Waals surface area contributed by atoms with Crippen LogP contribution in [0.4, 0.5) is 4.79 Å². The second-order valence-electron chi connectivity index (χ2n) is 4.73. The predicted octanol–water partition coefficient (Wildman–Crippen LogP) is 2.90. The number of hydrogen-bond acceptors (Lipinski definition) is 5. The molecule has 1 unspecified atom stereocenters. The van der Waals surface area contributed by atoms with E-state index in [1.165, 1.54) is 17.8 Å². The Hall–Kier alpha value is -1.99. The summed E-state index contributed by atoms with van der Waals surface area (Å²) < 4.78 is 4.71. The number of nitrogens with one attached hydrogen (secondary N) is 1. The Morgan fingerprint density at radius 2 is 2.08 bits per heavy atom. The fraction of sp³-hybridized carbons (Fsp3) is 0.312. The Morgan fingerprint density at radius 3 is 2.71 bits per heavy atom. The van der Waals surface area contributed by atoms with Gasteiger partial charge in [-0.2, -0.15) is 0 Å². The highest BCUT2D eigenvalue weighted by atomic mass is 35.5. The summed E-state index contributed by atoms with van der Waals surface area (Å²) in [5, 5.41) is 11.7. The number of rotatable bonds is 10. The first kappa shape index (κ1) is 20.1. The van der Waals surface area contributed by atoms with Crippen LogP contribution in [0.15, 0.2) is 36.9 Å². The molecule has 1 aromatic carbocycles. The van der Waals surface area contributed by atoms with E-state index < -0.39 is 30.3 Å². The minimum atomic E-state index is -1.19. The molecule has 0 aromatic heterocycles. The second kappa shape index (κ2) is 10.7. The highest BCUT2D eigenvalue weighted by molar-refractivity contribution is 7.99. The minimum Gasteiger partial charge on any atom is -0.481 e. The van der Waals surface area contributed by atoms with Gasteiger partial charge in [0.05, 0.1) is 12.2 Å². The summed E-state index contributed by atoms with van der Waals surface area (Å²) in [6.07, 6.45) is 0.00691. The summed E-state index contributed by atoms with van der Waals surface area (Å²) in [5.41, 5.74) is 0.880. The zero-order chi connectivity index (χ0) is 17.9. The van der Waals surface area contributed by atoms with Gasteiger partial charge in [0.25, 0.3) is 0 Å². The van der Waals surface area contributed by atoms with Crippen molar-refractivity contribution >= 4 is 41.2 Å². The molecule has 1 aromatic rings. The molecule has 130 valence electrons. The quantitative estimate of drug-likeness (QED) is 0.614. The largest absolute Gasteiger partial charge is 0.481 e. The Bertz CT molecular complexity index is 608. The van der Waals surface area contributed by atoms with E-state index in [9.17, 15) is 14.4 Å². The third-order valence-corrected chi connectivity index (χ3v) is 4.22. The van der Waals surface area contributed by atoms with Crippen LogP contribution in [0.5, 0.6) is 0 Å². The van der Waals surface area contributed by atoms with Gasteiger partial charge in [-0.1, -0.05) is 42.5 Å². The van der Waals surface area contributed by atoms with Crippen LogP contribution in [0, 0.1) is 0 Å². The molecule has 0 bridgehead atoms. The van der Waals surface area contributed by atoms with E-state index in [0.717, 1.165) is 5.56 Å². The SMILES string of the molecule is C=CCOC(=O)NC(CC(=O)O)C(=O)CSCc1ccccc1Cl. The van der Waals surface area contributed by atoms with Crippen LogP contribution in [-0.4, -0.2) is 41.4 Å². The van der Waals surface area contributed by atoms with Crippen molar-refractivity contribution in [2.24, 2.45) is 0 Å². The number of carboxylic acids is 1. The van der Waals surface area contributed by atoms with E-state index in [1.807, 2.05) is 18.2 Å². The summed E-state index contributed by atoms with van der Waals surface area (Å²) >= 11 is 7.32. The molecule has 0 radical (unpaired) electrons. The van der Waals surface area contributed by atoms with Crippen molar-refractivity contribution in [3.8, 4) is 0 Å². The van der Waals surface area contributed by atoms with Crippen molar-refractivity contribution in [3.05, 3.63) is 47.5 Å².